The van der Waals surface area contributed by atoms with Crippen molar-refractivity contribution in [2.45, 2.75) is 72.5 Å². The lowest BCUT2D eigenvalue weighted by Crippen LogP contribution is -2.09. The number of hydrogen-bond donors (Lipinski definition) is 0. The van der Waals surface area contributed by atoms with Gasteiger partial charge in [0.15, 0.2) is 0 Å². The maximum Gasteiger partial charge on any atom is 0.106 e. The predicted octanol–water partition coefficient (Wildman–Crippen LogP) is 4.62. The van der Waals surface area contributed by atoms with E-state index in [1.807, 2.05) is 0 Å². The van der Waals surface area contributed by atoms with Gasteiger partial charge in [-0.25, -0.2) is 0 Å². The van der Waals surface area contributed by atoms with Crippen molar-refractivity contribution in [3.63, 3.8) is 0 Å². The van der Waals surface area contributed by atoms with E-state index in [-0.39, 0.29) is 0 Å². The first-order valence-electron chi connectivity index (χ1n) is 7.08. The molecule has 1 unspecified atom stereocenters. The quantitative estimate of drug-likeness (QED) is 0.394. The molecule has 0 aromatic carbocycles. The molecule has 1 atom stereocenters. The molecule has 0 fully saturated rings. The van der Waals surface area contributed by atoms with Crippen molar-refractivity contribution in [1.29, 1.82) is 0 Å². The molecule has 0 saturated carbocycles. The Morgan fingerprint density at radius 1 is 1.31 bits per heavy atom. The lowest BCUT2D eigenvalue weighted by atomic mass is 9.83. The normalized spacial score (nSPS) is 13.8. The summed E-state index contributed by atoms with van der Waals surface area (Å²) in [6.45, 7) is 13.5. The molecule has 0 spiro atoms. The van der Waals surface area contributed by atoms with Crippen LogP contribution in [0.5, 0.6) is 0 Å². The zero-order chi connectivity index (χ0) is 12.6. The Bertz CT molecular complexity index is 194. The first kappa shape index (κ1) is 15.8. The van der Waals surface area contributed by atoms with Gasteiger partial charge in [0.05, 0.1) is 0 Å². The van der Waals surface area contributed by atoms with Gasteiger partial charge in [0, 0.05) is 0 Å². The summed E-state index contributed by atoms with van der Waals surface area (Å²) in [5, 5.41) is 0. The number of rotatable bonds is 9. The van der Waals surface area contributed by atoms with E-state index in [2.05, 4.69) is 42.1 Å². The summed E-state index contributed by atoms with van der Waals surface area (Å²) < 4.78 is 0. The first-order chi connectivity index (χ1) is 7.41. The molecule has 1 heteroatoms. The van der Waals surface area contributed by atoms with Crippen LogP contribution in [0.1, 0.15) is 66.2 Å². The molecule has 0 saturated heterocycles. The zero-order valence-corrected chi connectivity index (χ0v) is 12.2. The van der Waals surface area contributed by atoms with Crippen LogP contribution in [0, 0.1) is 11.3 Å². The van der Waals surface area contributed by atoms with Gasteiger partial charge in [-0.15, -0.1) is 6.58 Å². The molecule has 0 aliphatic rings. The summed E-state index contributed by atoms with van der Waals surface area (Å²) in [6, 6.07) is 0. The van der Waals surface area contributed by atoms with E-state index in [0.717, 1.165) is 12.2 Å². The topological polar surface area (TPSA) is 0 Å². The average Bonchev–Trinajstić information content (AvgIpc) is 2.25. The summed E-state index contributed by atoms with van der Waals surface area (Å²) in [5.41, 5.74) is 1.97. The maximum absolute atomic E-state index is 4.08. The molecule has 16 heavy (non-hydrogen) atoms. The van der Waals surface area contributed by atoms with Gasteiger partial charge in [0.25, 0.3) is 0 Å². The smallest absolute Gasteiger partial charge is 0.101 e. The molecule has 0 rings (SSSR count). The Labute approximate surface area is 104 Å². The lowest BCUT2D eigenvalue weighted by Gasteiger charge is -2.23. The largest absolute Gasteiger partial charge is 0.106 e. The van der Waals surface area contributed by atoms with Gasteiger partial charge < -0.3 is 0 Å². The van der Waals surface area contributed by atoms with Crippen molar-refractivity contribution in [2.75, 3.05) is 0 Å². The van der Waals surface area contributed by atoms with Gasteiger partial charge in [0.1, 0.15) is 7.85 Å². The van der Waals surface area contributed by atoms with Gasteiger partial charge >= 0.3 is 0 Å². The standard InChI is InChI=1S/C15H31B/c1-6-15(4,5)11-7-8-13(2)9-10-14(3)12-16/h13H,3,6-12,16H2,1-2,4-5H3. The molecule has 0 aromatic rings. The van der Waals surface area contributed by atoms with E-state index < -0.39 is 0 Å². The summed E-state index contributed by atoms with van der Waals surface area (Å²) >= 11 is 0. The highest BCUT2D eigenvalue weighted by molar-refractivity contribution is 6.10. The second-order valence-corrected chi connectivity index (χ2v) is 6.16. The molecule has 0 aliphatic carbocycles. The fourth-order valence-electron chi connectivity index (χ4n) is 1.88. The number of allylic oxidation sites excluding steroid dienone is 1. The molecular formula is C15H31B. The van der Waals surface area contributed by atoms with Crippen LogP contribution in [-0.2, 0) is 0 Å². The molecule has 0 heterocycles. The van der Waals surface area contributed by atoms with Gasteiger partial charge in [-0.05, 0) is 30.6 Å². The molecule has 0 bridgehead atoms. The van der Waals surface area contributed by atoms with Crippen molar-refractivity contribution >= 4 is 7.85 Å². The first-order valence-corrected chi connectivity index (χ1v) is 7.08. The van der Waals surface area contributed by atoms with Crippen molar-refractivity contribution in [1.82, 2.24) is 0 Å². The Morgan fingerprint density at radius 3 is 2.44 bits per heavy atom. The van der Waals surface area contributed by atoms with E-state index in [0.29, 0.717) is 5.41 Å². The third-order valence-electron chi connectivity index (χ3n) is 4.00. The van der Waals surface area contributed by atoms with E-state index in [1.165, 1.54) is 44.1 Å². The Kier molecular flexibility index (Phi) is 7.88. The molecule has 0 N–H and O–H groups in total. The fourth-order valence-corrected chi connectivity index (χ4v) is 1.88. The molecule has 0 radical (unpaired) electrons. The Balaban J connectivity index is 3.58. The minimum Gasteiger partial charge on any atom is -0.101 e. The van der Waals surface area contributed by atoms with Crippen LogP contribution in [0.4, 0.5) is 0 Å². The van der Waals surface area contributed by atoms with Crippen LogP contribution in [0.2, 0.25) is 6.32 Å². The average molecular weight is 222 g/mol. The highest BCUT2D eigenvalue weighted by Gasteiger charge is 2.14. The SMILES string of the molecule is BCC(=C)CCC(C)CCCC(C)(C)CC. The summed E-state index contributed by atoms with van der Waals surface area (Å²) in [6.07, 6.45) is 9.17. The van der Waals surface area contributed by atoms with Crippen molar-refractivity contribution in [2.24, 2.45) is 11.3 Å². The van der Waals surface area contributed by atoms with Crippen molar-refractivity contribution in [3.05, 3.63) is 12.2 Å². The summed E-state index contributed by atoms with van der Waals surface area (Å²) in [5.74, 6) is 0.871. The predicted molar refractivity (Wildman–Crippen MR) is 78.8 cm³/mol. The molecule has 94 valence electrons. The van der Waals surface area contributed by atoms with Crippen molar-refractivity contribution < 1.29 is 0 Å². The highest BCUT2D eigenvalue weighted by atomic mass is 14.2. The fraction of sp³-hybridized carbons (Fsp3) is 0.867. The van der Waals surface area contributed by atoms with E-state index >= 15 is 0 Å². The second-order valence-electron chi connectivity index (χ2n) is 6.16. The minimum atomic E-state index is 0.548. The molecule has 0 aromatic heterocycles. The zero-order valence-electron chi connectivity index (χ0n) is 12.2. The highest BCUT2D eigenvalue weighted by Crippen LogP contribution is 2.28. The van der Waals surface area contributed by atoms with Crippen LogP contribution in [-0.4, -0.2) is 7.85 Å². The second kappa shape index (κ2) is 7.98. The summed E-state index contributed by atoms with van der Waals surface area (Å²) in [7, 11) is 2.21. The van der Waals surface area contributed by atoms with Crippen LogP contribution in [0.15, 0.2) is 12.2 Å². The Morgan fingerprint density at radius 2 is 1.94 bits per heavy atom. The summed E-state index contributed by atoms with van der Waals surface area (Å²) in [4.78, 5) is 0. The molecular weight excluding hydrogens is 191 g/mol. The van der Waals surface area contributed by atoms with Crippen molar-refractivity contribution in [3.8, 4) is 0 Å². The van der Waals surface area contributed by atoms with Gasteiger partial charge in [0.2, 0.25) is 0 Å². The van der Waals surface area contributed by atoms with Crippen LogP contribution in [0.3, 0.4) is 0 Å². The van der Waals surface area contributed by atoms with Gasteiger partial charge in [-0.1, -0.05) is 58.9 Å². The van der Waals surface area contributed by atoms with Crippen LogP contribution < -0.4 is 0 Å². The third kappa shape index (κ3) is 8.02. The monoisotopic (exact) mass is 222 g/mol. The van der Waals surface area contributed by atoms with Gasteiger partial charge in [-0.3, -0.25) is 0 Å². The Hall–Kier alpha value is -0.195. The van der Waals surface area contributed by atoms with Crippen LogP contribution in [0.25, 0.3) is 0 Å². The minimum absolute atomic E-state index is 0.548. The van der Waals surface area contributed by atoms with Gasteiger partial charge in [-0.2, -0.15) is 0 Å². The van der Waals surface area contributed by atoms with Crippen LogP contribution >= 0.6 is 0 Å². The lowest BCUT2D eigenvalue weighted by molar-refractivity contribution is 0.296. The molecule has 0 aliphatic heterocycles. The van der Waals surface area contributed by atoms with E-state index in [9.17, 15) is 0 Å². The molecule has 0 amide bonds. The van der Waals surface area contributed by atoms with E-state index in [4.69, 9.17) is 0 Å². The maximum atomic E-state index is 4.08. The molecule has 0 nitrogen and oxygen atoms in total. The number of hydrogen-bond acceptors (Lipinski definition) is 0. The van der Waals surface area contributed by atoms with E-state index in [1.54, 1.807) is 0 Å². The third-order valence-corrected chi connectivity index (χ3v) is 4.00.